The highest BCUT2D eigenvalue weighted by Gasteiger charge is 2.19. The van der Waals surface area contributed by atoms with Crippen molar-refractivity contribution in [2.75, 3.05) is 11.9 Å². The van der Waals surface area contributed by atoms with Crippen LogP contribution in [0.3, 0.4) is 0 Å². The smallest absolute Gasteiger partial charge is 0.125 e. The minimum Gasteiger partial charge on any atom is -0.389 e. The van der Waals surface area contributed by atoms with E-state index in [1.54, 1.807) is 6.20 Å². The Kier molecular flexibility index (Phi) is 3.72. The van der Waals surface area contributed by atoms with Crippen molar-refractivity contribution in [2.24, 2.45) is 11.7 Å². The highest BCUT2D eigenvalue weighted by molar-refractivity contribution is 7.80. The van der Waals surface area contributed by atoms with E-state index in [4.69, 9.17) is 18.0 Å². The molecule has 0 atom stereocenters. The van der Waals surface area contributed by atoms with Gasteiger partial charge in [0.2, 0.25) is 0 Å². The molecule has 1 heterocycles. The van der Waals surface area contributed by atoms with Crippen LogP contribution in [0.4, 0.5) is 5.82 Å². The third-order valence-corrected chi connectivity index (χ3v) is 3.08. The number of nitrogens with two attached hydrogens (primary N) is 1. The molecule has 0 aliphatic heterocycles. The molecule has 1 aromatic rings. The Hall–Kier alpha value is -1.16. The van der Waals surface area contributed by atoms with Crippen LogP contribution in [-0.4, -0.2) is 16.5 Å². The normalized spacial score (nSPS) is 14.8. The maximum atomic E-state index is 5.50. The summed E-state index contributed by atoms with van der Waals surface area (Å²) in [6.07, 6.45) is 7.15. The van der Waals surface area contributed by atoms with Gasteiger partial charge in [-0.25, -0.2) is 4.98 Å². The zero-order chi connectivity index (χ0) is 11.4. The van der Waals surface area contributed by atoms with Crippen LogP contribution in [0.15, 0.2) is 18.3 Å². The van der Waals surface area contributed by atoms with Crippen LogP contribution in [0.1, 0.15) is 31.2 Å². The van der Waals surface area contributed by atoms with E-state index in [2.05, 4.69) is 10.3 Å². The number of anilines is 1. The fourth-order valence-corrected chi connectivity index (χ4v) is 1.78. The number of nitrogens with zero attached hydrogens (tertiary/aromatic N) is 1. The molecule has 1 saturated carbocycles. The predicted octanol–water partition coefficient (Wildman–Crippen LogP) is 2.32. The van der Waals surface area contributed by atoms with Crippen molar-refractivity contribution in [3.05, 3.63) is 23.9 Å². The zero-order valence-electron chi connectivity index (χ0n) is 9.28. The summed E-state index contributed by atoms with van der Waals surface area (Å²) in [7, 11) is 0. The molecule has 2 rings (SSSR count). The first-order valence-electron chi connectivity index (χ1n) is 5.75. The molecule has 1 fully saturated rings. The summed E-state index contributed by atoms with van der Waals surface area (Å²) in [6, 6.07) is 3.82. The number of nitrogens with one attached hydrogen (secondary N) is 1. The van der Waals surface area contributed by atoms with Gasteiger partial charge in [-0.05, 0) is 30.9 Å². The molecule has 0 radical (unpaired) electrons. The van der Waals surface area contributed by atoms with Crippen molar-refractivity contribution < 1.29 is 0 Å². The molecule has 86 valence electrons. The van der Waals surface area contributed by atoms with Crippen LogP contribution in [-0.2, 0) is 0 Å². The summed E-state index contributed by atoms with van der Waals surface area (Å²) in [5.74, 6) is 1.91. The van der Waals surface area contributed by atoms with E-state index in [1.807, 2.05) is 12.1 Å². The number of hydrogen-bond donors (Lipinski definition) is 2. The lowest BCUT2D eigenvalue weighted by Gasteiger charge is -2.05. The molecule has 0 spiro atoms. The van der Waals surface area contributed by atoms with Gasteiger partial charge in [-0.15, -0.1) is 0 Å². The molecular weight excluding hydrogens is 218 g/mol. The number of rotatable bonds is 6. The van der Waals surface area contributed by atoms with E-state index in [0.717, 1.165) is 23.8 Å². The number of hydrogen-bond acceptors (Lipinski definition) is 3. The van der Waals surface area contributed by atoms with Gasteiger partial charge in [-0.2, -0.15) is 0 Å². The second kappa shape index (κ2) is 5.25. The monoisotopic (exact) mass is 235 g/mol. The molecule has 0 saturated heterocycles. The van der Waals surface area contributed by atoms with Crippen molar-refractivity contribution in [1.29, 1.82) is 0 Å². The third kappa shape index (κ3) is 3.45. The summed E-state index contributed by atoms with van der Waals surface area (Å²) in [5, 5.41) is 3.30. The molecule has 1 aromatic heterocycles. The lowest BCUT2D eigenvalue weighted by atomic mass is 10.2. The van der Waals surface area contributed by atoms with Crippen LogP contribution in [0.5, 0.6) is 0 Å². The van der Waals surface area contributed by atoms with E-state index in [1.165, 1.54) is 25.7 Å². The Balaban J connectivity index is 1.73. The van der Waals surface area contributed by atoms with Gasteiger partial charge in [-0.1, -0.05) is 25.1 Å². The van der Waals surface area contributed by atoms with Crippen LogP contribution in [0, 0.1) is 5.92 Å². The number of thiocarbonyl (C=S) groups is 1. The van der Waals surface area contributed by atoms with Gasteiger partial charge < -0.3 is 11.1 Å². The van der Waals surface area contributed by atoms with Crippen molar-refractivity contribution >= 4 is 23.0 Å². The molecule has 3 N–H and O–H groups in total. The van der Waals surface area contributed by atoms with Crippen LogP contribution in [0.25, 0.3) is 0 Å². The minimum absolute atomic E-state index is 0.396. The highest BCUT2D eigenvalue weighted by Crippen LogP contribution is 2.33. The van der Waals surface area contributed by atoms with Crippen molar-refractivity contribution in [3.63, 3.8) is 0 Å². The fourth-order valence-electron chi connectivity index (χ4n) is 1.66. The van der Waals surface area contributed by atoms with Crippen LogP contribution >= 0.6 is 12.2 Å². The summed E-state index contributed by atoms with van der Waals surface area (Å²) in [6.45, 7) is 0.996. The van der Waals surface area contributed by atoms with E-state index in [0.29, 0.717) is 4.99 Å². The Bertz CT molecular complexity index is 357. The van der Waals surface area contributed by atoms with Gasteiger partial charge in [0, 0.05) is 18.3 Å². The summed E-state index contributed by atoms with van der Waals surface area (Å²) < 4.78 is 0. The van der Waals surface area contributed by atoms with E-state index >= 15 is 0 Å². The second-order valence-corrected chi connectivity index (χ2v) is 4.75. The maximum Gasteiger partial charge on any atom is 0.125 e. The molecule has 1 aliphatic carbocycles. The van der Waals surface area contributed by atoms with E-state index in [-0.39, 0.29) is 0 Å². The second-order valence-electron chi connectivity index (χ2n) is 4.31. The predicted molar refractivity (Wildman–Crippen MR) is 70.6 cm³/mol. The molecule has 3 nitrogen and oxygen atoms in total. The lowest BCUT2D eigenvalue weighted by Crippen LogP contribution is -2.10. The standard InChI is InChI=1S/C12H17N3S/c13-12(16)10-5-6-11(15-8-10)14-7-1-2-9-3-4-9/h5-6,8-9H,1-4,7H2,(H2,13,16)(H,14,15). The van der Waals surface area contributed by atoms with E-state index in [9.17, 15) is 0 Å². The Morgan fingerprint density at radius 1 is 1.50 bits per heavy atom. The maximum absolute atomic E-state index is 5.50. The van der Waals surface area contributed by atoms with Gasteiger partial charge in [0.1, 0.15) is 10.8 Å². The molecule has 0 amide bonds. The largest absolute Gasteiger partial charge is 0.389 e. The summed E-state index contributed by atoms with van der Waals surface area (Å²) in [4.78, 5) is 4.65. The highest BCUT2D eigenvalue weighted by atomic mass is 32.1. The topological polar surface area (TPSA) is 50.9 Å². The van der Waals surface area contributed by atoms with Crippen molar-refractivity contribution in [2.45, 2.75) is 25.7 Å². The first-order chi connectivity index (χ1) is 7.75. The average Bonchev–Trinajstić information content (AvgIpc) is 3.09. The van der Waals surface area contributed by atoms with Gasteiger partial charge in [0.05, 0.1) is 0 Å². The number of pyridine rings is 1. The summed E-state index contributed by atoms with van der Waals surface area (Å²) in [5.41, 5.74) is 6.31. The lowest BCUT2D eigenvalue weighted by molar-refractivity contribution is 0.686. The van der Waals surface area contributed by atoms with Gasteiger partial charge in [-0.3, -0.25) is 0 Å². The molecule has 0 aromatic carbocycles. The molecule has 4 heteroatoms. The van der Waals surface area contributed by atoms with Crippen LogP contribution < -0.4 is 11.1 Å². The number of aromatic nitrogens is 1. The Morgan fingerprint density at radius 3 is 2.88 bits per heavy atom. The molecule has 0 bridgehead atoms. The average molecular weight is 235 g/mol. The molecular formula is C12H17N3S. The van der Waals surface area contributed by atoms with Crippen molar-refractivity contribution in [1.82, 2.24) is 4.98 Å². The fraction of sp³-hybridized carbons (Fsp3) is 0.500. The quantitative estimate of drug-likeness (QED) is 0.587. The van der Waals surface area contributed by atoms with Gasteiger partial charge in [0.15, 0.2) is 0 Å². The first-order valence-corrected chi connectivity index (χ1v) is 6.16. The minimum atomic E-state index is 0.396. The van der Waals surface area contributed by atoms with Gasteiger partial charge >= 0.3 is 0 Å². The van der Waals surface area contributed by atoms with Crippen molar-refractivity contribution in [3.8, 4) is 0 Å². The van der Waals surface area contributed by atoms with Crippen LogP contribution in [0.2, 0.25) is 0 Å². The zero-order valence-corrected chi connectivity index (χ0v) is 10.1. The molecule has 0 unspecified atom stereocenters. The van der Waals surface area contributed by atoms with Gasteiger partial charge in [0.25, 0.3) is 0 Å². The Labute approximate surface area is 101 Å². The SMILES string of the molecule is NC(=S)c1ccc(NCCCC2CC2)nc1. The molecule has 16 heavy (non-hydrogen) atoms. The summed E-state index contributed by atoms with van der Waals surface area (Å²) >= 11 is 4.86. The molecule has 1 aliphatic rings. The first kappa shape index (κ1) is 11.3. The van der Waals surface area contributed by atoms with E-state index < -0.39 is 0 Å². The third-order valence-electron chi connectivity index (χ3n) is 2.84. The Morgan fingerprint density at radius 2 is 2.31 bits per heavy atom.